The number of carbonyl (C=O) groups is 1. The topological polar surface area (TPSA) is 127 Å². The number of piperidine rings is 1. The first-order chi connectivity index (χ1) is 21.3. The van der Waals surface area contributed by atoms with E-state index in [0.717, 1.165) is 25.4 Å². The molecule has 1 saturated heterocycles. The van der Waals surface area contributed by atoms with Gasteiger partial charge in [-0.15, -0.1) is 0 Å². The molecule has 1 aromatic carbocycles. The lowest BCUT2D eigenvalue weighted by Crippen LogP contribution is -2.50. The largest absolute Gasteiger partial charge is 0.397 e. The molecule has 1 unspecified atom stereocenters. The van der Waals surface area contributed by atoms with Gasteiger partial charge in [0.05, 0.1) is 18.0 Å². The second-order valence-electron chi connectivity index (χ2n) is 10.7. The number of nitrogens with two attached hydrogens (primary N) is 2. The van der Waals surface area contributed by atoms with Crippen LogP contribution in [0.25, 0.3) is 5.69 Å². The maximum Gasteiger partial charge on any atom is 0.224 e. The molecule has 2 aromatic rings. The number of aromatic nitrogens is 2. The lowest BCUT2D eigenvalue weighted by molar-refractivity contribution is -0.120. The molecule has 256 valence electrons. The van der Waals surface area contributed by atoms with Gasteiger partial charge in [0.25, 0.3) is 0 Å². The Morgan fingerprint density at radius 3 is 2.27 bits per heavy atom. The number of methoxy groups -OCH3 is 1. The standard InChI is InChI=1S/C24H38N4O.C8H16N4O.C2H6.CH4/c1-4-6-8-24(20-29-3)27(5-2)22-13-17-26(18-14-22)19-21-9-11-23(12-10-21)28-16-7-15-25-28;1-4-6(13)12-7(5(2)9)8(10)11-3;1-2;/h7,9-12,15-16,22,24H,4-6,8,13-14,17-20H2,1-3H3;11H,2,4,9-10H2,1,3H3,(H,12,13);1-2H3;1H4/b;8-7-;;. The summed E-state index contributed by atoms with van der Waals surface area (Å²) in [6.45, 7) is 19.2. The van der Waals surface area contributed by atoms with Crippen molar-refractivity contribution in [3.63, 3.8) is 0 Å². The van der Waals surface area contributed by atoms with Gasteiger partial charge in [-0.2, -0.15) is 5.10 Å². The van der Waals surface area contributed by atoms with Gasteiger partial charge in [0, 0.05) is 51.6 Å². The first-order valence-electron chi connectivity index (χ1n) is 16.3. The number of hydrogen-bond acceptors (Lipinski definition) is 8. The van der Waals surface area contributed by atoms with Gasteiger partial charge in [0.1, 0.15) is 11.5 Å². The van der Waals surface area contributed by atoms with Gasteiger partial charge < -0.3 is 26.8 Å². The lowest BCUT2D eigenvalue weighted by Gasteiger charge is -2.42. The van der Waals surface area contributed by atoms with E-state index < -0.39 is 0 Å². The van der Waals surface area contributed by atoms with E-state index in [9.17, 15) is 4.79 Å². The number of nitrogens with zero attached hydrogens (tertiary/aromatic N) is 4. The molecule has 1 aromatic heterocycles. The van der Waals surface area contributed by atoms with E-state index in [1.807, 2.05) is 44.1 Å². The van der Waals surface area contributed by atoms with E-state index in [2.05, 4.69) is 70.2 Å². The second kappa shape index (κ2) is 24.0. The van der Waals surface area contributed by atoms with Crippen LogP contribution >= 0.6 is 0 Å². The molecule has 3 rings (SSSR count). The number of amides is 1. The summed E-state index contributed by atoms with van der Waals surface area (Å²) in [6, 6.07) is 12.0. The predicted molar refractivity (Wildman–Crippen MR) is 190 cm³/mol. The predicted octanol–water partition coefficient (Wildman–Crippen LogP) is 5.36. The molecule has 0 aliphatic carbocycles. The molecular formula is C35H64N8O2. The second-order valence-corrected chi connectivity index (χ2v) is 10.7. The smallest absolute Gasteiger partial charge is 0.224 e. The Hall–Kier alpha value is -3.34. The molecule has 0 radical (unpaired) electrons. The summed E-state index contributed by atoms with van der Waals surface area (Å²) in [5.41, 5.74) is 14.0. The van der Waals surface area contributed by atoms with Crippen molar-refractivity contribution in [2.75, 3.05) is 40.4 Å². The monoisotopic (exact) mass is 629 g/mol. The van der Waals surface area contributed by atoms with Gasteiger partial charge in [-0.1, -0.05) is 73.6 Å². The van der Waals surface area contributed by atoms with Crippen molar-refractivity contribution < 1.29 is 9.53 Å². The zero-order chi connectivity index (χ0) is 32.9. The molecule has 10 heteroatoms. The fraction of sp³-hybridized carbons (Fsp3) is 0.600. The van der Waals surface area contributed by atoms with E-state index >= 15 is 0 Å². The summed E-state index contributed by atoms with van der Waals surface area (Å²) < 4.78 is 7.46. The SMILES string of the molecule is C.C=C(N)/C(NC(=O)CC)=C(\N)NC.CC.CCCCC(COC)N(CC)C1CCN(Cc2ccc(-n3cccn3)cc2)CC1. The minimum absolute atomic E-state index is 0. The average molecular weight is 629 g/mol. The maximum absolute atomic E-state index is 11.0. The molecule has 45 heavy (non-hydrogen) atoms. The molecule has 6 N–H and O–H groups in total. The average Bonchev–Trinajstić information content (AvgIpc) is 3.60. The highest BCUT2D eigenvalue weighted by Gasteiger charge is 2.28. The van der Waals surface area contributed by atoms with Gasteiger partial charge in [0.15, 0.2) is 0 Å². The molecule has 1 fully saturated rings. The van der Waals surface area contributed by atoms with Gasteiger partial charge in [0.2, 0.25) is 5.91 Å². The van der Waals surface area contributed by atoms with Crippen LogP contribution in [0.2, 0.25) is 0 Å². The van der Waals surface area contributed by atoms with Crippen LogP contribution in [-0.4, -0.2) is 78.0 Å². The Bertz CT molecular complexity index is 1080. The van der Waals surface area contributed by atoms with Crippen LogP contribution < -0.4 is 22.1 Å². The highest BCUT2D eigenvalue weighted by molar-refractivity contribution is 5.78. The summed E-state index contributed by atoms with van der Waals surface area (Å²) >= 11 is 0. The van der Waals surface area contributed by atoms with Gasteiger partial charge >= 0.3 is 0 Å². The Balaban J connectivity index is 0.00000103. The summed E-state index contributed by atoms with van der Waals surface area (Å²) in [6.07, 6.45) is 10.5. The minimum Gasteiger partial charge on any atom is -0.397 e. The van der Waals surface area contributed by atoms with Crippen LogP contribution in [0.4, 0.5) is 0 Å². The molecule has 0 spiro atoms. The molecule has 1 aliphatic rings. The molecule has 1 amide bonds. The summed E-state index contributed by atoms with van der Waals surface area (Å²) in [4.78, 5) is 16.3. The summed E-state index contributed by atoms with van der Waals surface area (Å²) in [7, 11) is 3.48. The van der Waals surface area contributed by atoms with E-state index in [0.29, 0.717) is 30.0 Å². The van der Waals surface area contributed by atoms with E-state index in [1.165, 1.54) is 50.8 Å². The maximum atomic E-state index is 11.0. The van der Waals surface area contributed by atoms with Crippen molar-refractivity contribution in [3.05, 3.63) is 72.1 Å². The quantitative estimate of drug-likeness (QED) is 0.194. The van der Waals surface area contributed by atoms with Crippen LogP contribution in [0.5, 0.6) is 0 Å². The molecule has 2 heterocycles. The number of carbonyl (C=O) groups excluding carboxylic acids is 1. The first-order valence-corrected chi connectivity index (χ1v) is 16.3. The third kappa shape index (κ3) is 14.5. The van der Waals surface area contributed by atoms with Crippen LogP contribution in [0.1, 0.15) is 86.1 Å². The number of likely N-dealkylation sites (N-methyl/N-ethyl adjacent to an activating group) is 1. The Labute approximate surface area is 274 Å². The number of hydrogen-bond donors (Lipinski definition) is 4. The van der Waals surface area contributed by atoms with Crippen molar-refractivity contribution in [1.29, 1.82) is 0 Å². The van der Waals surface area contributed by atoms with Crippen molar-refractivity contribution in [3.8, 4) is 5.69 Å². The van der Waals surface area contributed by atoms with E-state index in [4.69, 9.17) is 16.2 Å². The van der Waals surface area contributed by atoms with Crippen molar-refractivity contribution in [2.45, 2.75) is 99.2 Å². The Kier molecular flexibility index (Phi) is 22.2. The van der Waals surface area contributed by atoms with Gasteiger partial charge in [-0.25, -0.2) is 4.68 Å². The molecule has 1 aliphatic heterocycles. The summed E-state index contributed by atoms with van der Waals surface area (Å²) in [5.74, 6) is 0.147. The van der Waals surface area contributed by atoms with Crippen LogP contribution in [0.3, 0.4) is 0 Å². The number of ether oxygens (including phenoxy) is 1. The third-order valence-electron chi connectivity index (χ3n) is 7.67. The normalized spacial score (nSPS) is 14.5. The minimum atomic E-state index is -0.153. The fourth-order valence-electron chi connectivity index (χ4n) is 5.31. The van der Waals surface area contributed by atoms with Crippen LogP contribution in [0, 0.1) is 0 Å². The van der Waals surface area contributed by atoms with Crippen LogP contribution in [-0.2, 0) is 16.1 Å². The van der Waals surface area contributed by atoms with E-state index in [1.54, 1.807) is 14.0 Å². The van der Waals surface area contributed by atoms with Gasteiger partial charge in [-0.05, 0) is 62.7 Å². The molecule has 1 atom stereocenters. The van der Waals surface area contributed by atoms with Crippen molar-refractivity contribution in [2.24, 2.45) is 11.5 Å². The van der Waals surface area contributed by atoms with Crippen molar-refractivity contribution in [1.82, 2.24) is 30.2 Å². The van der Waals surface area contributed by atoms with Crippen LogP contribution in [0.15, 0.2) is 66.5 Å². The zero-order valence-electron chi connectivity index (χ0n) is 28.4. The third-order valence-corrected chi connectivity index (χ3v) is 7.67. The molecule has 0 saturated carbocycles. The number of rotatable bonds is 15. The molecular weight excluding hydrogens is 564 g/mol. The number of benzene rings is 1. The number of likely N-dealkylation sites (tertiary alicyclic amines) is 1. The summed E-state index contributed by atoms with van der Waals surface area (Å²) in [5, 5.41) is 9.53. The highest BCUT2D eigenvalue weighted by atomic mass is 16.5. The number of nitrogens with one attached hydrogen (secondary N) is 2. The Morgan fingerprint density at radius 1 is 1.16 bits per heavy atom. The first kappa shape index (κ1) is 41.7. The molecule has 10 nitrogen and oxygen atoms in total. The van der Waals surface area contributed by atoms with E-state index in [-0.39, 0.29) is 19.0 Å². The van der Waals surface area contributed by atoms with Crippen molar-refractivity contribution >= 4 is 5.91 Å². The zero-order valence-corrected chi connectivity index (χ0v) is 28.4. The lowest BCUT2D eigenvalue weighted by atomic mass is 9.98. The molecule has 0 bridgehead atoms. The van der Waals surface area contributed by atoms with Gasteiger partial charge in [-0.3, -0.25) is 14.6 Å². The number of unbranched alkanes of at least 4 members (excludes halogenated alkanes) is 1. The Morgan fingerprint density at radius 2 is 1.80 bits per heavy atom. The highest BCUT2D eigenvalue weighted by Crippen LogP contribution is 2.23. The fourth-order valence-corrected chi connectivity index (χ4v) is 5.31.